The molecule has 0 aliphatic heterocycles. The third-order valence-electron chi connectivity index (χ3n) is 1.56. The molecule has 0 aliphatic carbocycles. The van der Waals surface area contributed by atoms with Crippen LogP contribution < -0.4 is 0 Å². The molecule has 4 nitrogen and oxygen atoms in total. The number of hydrogen-bond donors (Lipinski definition) is 2. The first-order valence-corrected chi connectivity index (χ1v) is 4.47. The third-order valence-corrected chi connectivity index (χ3v) is 2.96. The molecule has 0 aromatic carbocycles. The van der Waals surface area contributed by atoms with Crippen molar-refractivity contribution in [2.45, 2.75) is 19.1 Å². The molecule has 62 valence electrons. The topological polar surface area (TPSA) is 74.6 Å². The quantitative estimate of drug-likeness (QED) is 0.577. The zero-order valence-corrected chi connectivity index (χ0v) is 6.80. The summed E-state index contributed by atoms with van der Waals surface area (Å²) in [5, 5.41) is 7.60. The predicted octanol–water partition coefficient (Wildman–Crippen LogP) is -0.109. The van der Waals surface area contributed by atoms with Crippen molar-refractivity contribution in [1.82, 2.24) is 0 Å². The van der Waals surface area contributed by atoms with Gasteiger partial charge in [-0.2, -0.15) is 8.42 Å². The minimum Gasteiger partial charge on any atom is -0.396 e. The minimum absolute atomic E-state index is 0.235. The smallest absolute Gasteiger partial charge is 0.267 e. The Morgan fingerprint density at radius 2 is 1.80 bits per heavy atom. The first-order valence-electron chi connectivity index (χ1n) is 2.96. The molecule has 0 rings (SSSR count). The van der Waals surface area contributed by atoms with Crippen molar-refractivity contribution in [2.75, 3.05) is 6.61 Å². The van der Waals surface area contributed by atoms with E-state index in [0.717, 1.165) is 0 Å². The lowest BCUT2D eigenvalue weighted by Gasteiger charge is -2.13. The van der Waals surface area contributed by atoms with Gasteiger partial charge in [-0.05, 0) is 12.8 Å². The molecule has 0 aliphatic rings. The fourth-order valence-corrected chi connectivity index (χ4v) is 1.12. The Morgan fingerprint density at radius 3 is 1.90 bits per heavy atom. The summed E-state index contributed by atoms with van der Waals surface area (Å²) in [4.78, 5) is 0. The summed E-state index contributed by atoms with van der Waals surface area (Å²) in [7, 11) is -3.97. The molecule has 5 heteroatoms. The Morgan fingerprint density at radius 1 is 1.40 bits per heavy atom. The lowest BCUT2D eigenvalue weighted by Crippen LogP contribution is -2.26. The van der Waals surface area contributed by atoms with E-state index in [1.54, 1.807) is 6.92 Å². The molecule has 0 saturated carbocycles. The first-order chi connectivity index (χ1) is 4.39. The van der Waals surface area contributed by atoms with E-state index in [0.29, 0.717) is 0 Å². The summed E-state index contributed by atoms with van der Waals surface area (Å²) in [5.41, 5.74) is 0. The minimum atomic E-state index is -3.97. The Kier molecular flexibility index (Phi) is 3.27. The van der Waals surface area contributed by atoms with Crippen LogP contribution in [0.2, 0.25) is 0 Å². The van der Waals surface area contributed by atoms with Gasteiger partial charge in [0.05, 0.1) is 5.25 Å². The fraction of sp³-hybridized carbons (Fsp3) is 1.00. The van der Waals surface area contributed by atoms with Gasteiger partial charge in [0, 0.05) is 6.61 Å². The van der Waals surface area contributed by atoms with Gasteiger partial charge in [0.15, 0.2) is 0 Å². The van der Waals surface area contributed by atoms with E-state index in [-0.39, 0.29) is 6.61 Å². The van der Waals surface area contributed by atoms with E-state index in [9.17, 15) is 8.42 Å². The molecular weight excluding hydrogens is 156 g/mol. The van der Waals surface area contributed by atoms with E-state index in [2.05, 4.69) is 0 Å². The van der Waals surface area contributed by atoms with Crippen LogP contribution in [0.5, 0.6) is 0 Å². The van der Waals surface area contributed by atoms with Crippen LogP contribution in [-0.4, -0.2) is 29.9 Å². The van der Waals surface area contributed by atoms with Gasteiger partial charge in [-0.15, -0.1) is 0 Å². The van der Waals surface area contributed by atoms with E-state index in [1.165, 1.54) is 6.92 Å². The van der Waals surface area contributed by atoms with Crippen LogP contribution in [0.1, 0.15) is 13.8 Å². The predicted molar refractivity (Wildman–Crippen MR) is 37.3 cm³/mol. The number of aliphatic hydroxyl groups excluding tert-OH is 1. The SMILES string of the molecule is CC(CO)C(C)S(=O)(=O)O. The van der Waals surface area contributed by atoms with E-state index in [1.807, 2.05) is 0 Å². The van der Waals surface area contributed by atoms with Crippen LogP contribution in [-0.2, 0) is 10.1 Å². The molecule has 0 amide bonds. The monoisotopic (exact) mass is 168 g/mol. The van der Waals surface area contributed by atoms with Crippen molar-refractivity contribution >= 4 is 10.1 Å². The van der Waals surface area contributed by atoms with Crippen molar-refractivity contribution in [2.24, 2.45) is 5.92 Å². The number of rotatable bonds is 3. The molecule has 0 aromatic heterocycles. The molecule has 10 heavy (non-hydrogen) atoms. The summed E-state index contributed by atoms with van der Waals surface area (Å²) >= 11 is 0. The Bertz CT molecular complexity index is 184. The normalized spacial score (nSPS) is 18.4. The summed E-state index contributed by atoms with van der Waals surface area (Å²) in [6.07, 6.45) is 0. The van der Waals surface area contributed by atoms with Crippen LogP contribution in [0.25, 0.3) is 0 Å². The molecule has 0 saturated heterocycles. The fourth-order valence-electron chi connectivity index (χ4n) is 0.442. The second-order valence-electron chi connectivity index (χ2n) is 2.38. The lowest BCUT2D eigenvalue weighted by atomic mass is 10.1. The zero-order valence-electron chi connectivity index (χ0n) is 5.98. The van der Waals surface area contributed by atoms with Gasteiger partial charge in [-0.1, -0.05) is 6.92 Å². The van der Waals surface area contributed by atoms with E-state index < -0.39 is 21.3 Å². The van der Waals surface area contributed by atoms with Crippen molar-refractivity contribution in [3.63, 3.8) is 0 Å². The van der Waals surface area contributed by atoms with Gasteiger partial charge in [0.2, 0.25) is 0 Å². The largest absolute Gasteiger partial charge is 0.396 e. The van der Waals surface area contributed by atoms with Gasteiger partial charge in [0.1, 0.15) is 0 Å². The summed E-state index contributed by atoms with van der Waals surface area (Å²) in [6, 6.07) is 0. The standard InChI is InChI=1S/C5H12O4S/c1-4(3-6)5(2)10(7,8)9/h4-6H,3H2,1-2H3,(H,7,8,9). The molecule has 2 unspecified atom stereocenters. The third kappa shape index (κ3) is 2.64. The molecule has 0 radical (unpaired) electrons. The second-order valence-corrected chi connectivity index (χ2v) is 4.15. The Labute approximate surface area is 60.6 Å². The van der Waals surface area contributed by atoms with Crippen LogP contribution in [0.15, 0.2) is 0 Å². The highest BCUT2D eigenvalue weighted by Crippen LogP contribution is 2.09. The van der Waals surface area contributed by atoms with E-state index >= 15 is 0 Å². The highest BCUT2D eigenvalue weighted by molar-refractivity contribution is 7.86. The molecule has 0 aromatic rings. The number of hydrogen-bond acceptors (Lipinski definition) is 3. The van der Waals surface area contributed by atoms with Crippen LogP contribution in [0, 0.1) is 5.92 Å². The van der Waals surface area contributed by atoms with Crippen LogP contribution in [0.3, 0.4) is 0 Å². The molecule has 0 spiro atoms. The van der Waals surface area contributed by atoms with Gasteiger partial charge in [-0.25, -0.2) is 0 Å². The maximum atomic E-state index is 10.4. The summed E-state index contributed by atoms with van der Waals surface area (Å²) in [5.74, 6) is -0.421. The molecule has 0 bridgehead atoms. The molecule has 2 N–H and O–H groups in total. The van der Waals surface area contributed by atoms with Crippen molar-refractivity contribution in [1.29, 1.82) is 0 Å². The Hall–Kier alpha value is -0.130. The lowest BCUT2D eigenvalue weighted by molar-refractivity contribution is 0.232. The molecule has 0 heterocycles. The van der Waals surface area contributed by atoms with Crippen LogP contribution in [0.4, 0.5) is 0 Å². The van der Waals surface area contributed by atoms with Gasteiger partial charge >= 0.3 is 0 Å². The molecule has 2 atom stereocenters. The maximum absolute atomic E-state index is 10.4. The molecule has 0 fully saturated rings. The van der Waals surface area contributed by atoms with Gasteiger partial charge < -0.3 is 5.11 Å². The number of aliphatic hydroxyl groups is 1. The average Bonchev–Trinajstić information content (AvgIpc) is 1.83. The Balaban J connectivity index is 4.23. The van der Waals surface area contributed by atoms with Gasteiger partial charge in [-0.3, -0.25) is 4.55 Å². The second kappa shape index (κ2) is 3.32. The van der Waals surface area contributed by atoms with E-state index in [4.69, 9.17) is 9.66 Å². The van der Waals surface area contributed by atoms with Crippen LogP contribution >= 0.6 is 0 Å². The van der Waals surface area contributed by atoms with Crippen molar-refractivity contribution in [3.05, 3.63) is 0 Å². The highest BCUT2D eigenvalue weighted by Gasteiger charge is 2.23. The summed E-state index contributed by atoms with van der Waals surface area (Å²) in [6.45, 7) is 2.68. The maximum Gasteiger partial charge on any atom is 0.267 e. The average molecular weight is 168 g/mol. The zero-order chi connectivity index (χ0) is 8.36. The highest BCUT2D eigenvalue weighted by atomic mass is 32.2. The molecular formula is C5H12O4S. The van der Waals surface area contributed by atoms with Crippen molar-refractivity contribution in [3.8, 4) is 0 Å². The summed E-state index contributed by atoms with van der Waals surface area (Å²) < 4.78 is 29.2. The first kappa shape index (κ1) is 9.87. The van der Waals surface area contributed by atoms with Gasteiger partial charge in [0.25, 0.3) is 10.1 Å². The van der Waals surface area contributed by atoms with Crippen molar-refractivity contribution < 1.29 is 18.1 Å².